The van der Waals surface area contributed by atoms with Gasteiger partial charge in [0.15, 0.2) is 0 Å². The van der Waals surface area contributed by atoms with Gasteiger partial charge in [0.05, 0.1) is 12.2 Å². The highest BCUT2D eigenvalue weighted by Gasteiger charge is 2.02. The summed E-state index contributed by atoms with van der Waals surface area (Å²) in [6.07, 6.45) is 4.50. The van der Waals surface area contributed by atoms with Gasteiger partial charge in [-0.2, -0.15) is 5.26 Å². The molecule has 0 radical (unpaired) electrons. The summed E-state index contributed by atoms with van der Waals surface area (Å²) in [5, 5.41) is 8.55. The fourth-order valence-electron chi connectivity index (χ4n) is 1.40. The second-order valence-corrected chi connectivity index (χ2v) is 3.66. The SMILES string of the molecule is CCCCCCOc1ccc(C#N)c(F)c1. The first-order valence-corrected chi connectivity index (χ1v) is 5.60. The van der Waals surface area contributed by atoms with Gasteiger partial charge in [0.25, 0.3) is 0 Å². The Morgan fingerprint density at radius 2 is 2.12 bits per heavy atom. The summed E-state index contributed by atoms with van der Waals surface area (Å²) in [4.78, 5) is 0. The zero-order valence-electron chi connectivity index (χ0n) is 9.50. The predicted molar refractivity (Wildman–Crippen MR) is 60.8 cm³/mol. The van der Waals surface area contributed by atoms with Crippen molar-refractivity contribution in [2.75, 3.05) is 6.61 Å². The van der Waals surface area contributed by atoms with Crippen molar-refractivity contribution < 1.29 is 9.13 Å². The van der Waals surface area contributed by atoms with E-state index in [9.17, 15) is 4.39 Å². The van der Waals surface area contributed by atoms with Gasteiger partial charge in [-0.25, -0.2) is 4.39 Å². The Kier molecular flexibility index (Phi) is 5.35. The second-order valence-electron chi connectivity index (χ2n) is 3.66. The van der Waals surface area contributed by atoms with E-state index in [0.717, 1.165) is 12.8 Å². The zero-order chi connectivity index (χ0) is 11.8. The summed E-state index contributed by atoms with van der Waals surface area (Å²) < 4.78 is 18.6. The number of rotatable bonds is 6. The lowest BCUT2D eigenvalue weighted by Crippen LogP contribution is -1.98. The minimum Gasteiger partial charge on any atom is -0.493 e. The van der Waals surface area contributed by atoms with E-state index in [1.165, 1.54) is 25.0 Å². The van der Waals surface area contributed by atoms with Gasteiger partial charge >= 0.3 is 0 Å². The zero-order valence-corrected chi connectivity index (χ0v) is 9.50. The molecule has 2 nitrogen and oxygen atoms in total. The number of halogens is 1. The van der Waals surface area contributed by atoms with Crippen molar-refractivity contribution in [3.8, 4) is 11.8 Å². The van der Waals surface area contributed by atoms with Crippen molar-refractivity contribution in [1.82, 2.24) is 0 Å². The molecular formula is C13H16FNO. The lowest BCUT2D eigenvalue weighted by atomic mass is 10.2. The molecule has 0 aliphatic heterocycles. The molecule has 1 aromatic carbocycles. The van der Waals surface area contributed by atoms with Crippen molar-refractivity contribution in [2.24, 2.45) is 0 Å². The molecule has 0 aromatic heterocycles. The van der Waals surface area contributed by atoms with Gasteiger partial charge in [0, 0.05) is 6.07 Å². The van der Waals surface area contributed by atoms with Crippen LogP contribution in [0.15, 0.2) is 18.2 Å². The Morgan fingerprint density at radius 1 is 1.31 bits per heavy atom. The number of hydrogen-bond donors (Lipinski definition) is 0. The van der Waals surface area contributed by atoms with Crippen molar-refractivity contribution >= 4 is 0 Å². The molecule has 3 heteroatoms. The van der Waals surface area contributed by atoms with E-state index in [1.807, 2.05) is 0 Å². The summed E-state index contributed by atoms with van der Waals surface area (Å²) >= 11 is 0. The average molecular weight is 221 g/mol. The minimum absolute atomic E-state index is 0.0540. The summed E-state index contributed by atoms with van der Waals surface area (Å²) in [5.74, 6) is -0.0263. The third kappa shape index (κ3) is 3.90. The molecule has 0 saturated heterocycles. The molecule has 16 heavy (non-hydrogen) atoms. The maximum atomic E-state index is 13.2. The van der Waals surface area contributed by atoms with Gasteiger partial charge in [-0.1, -0.05) is 26.2 Å². The first-order chi connectivity index (χ1) is 7.77. The molecule has 0 atom stereocenters. The van der Waals surface area contributed by atoms with Gasteiger partial charge in [-0.05, 0) is 18.6 Å². The third-order valence-corrected chi connectivity index (χ3v) is 2.33. The number of hydrogen-bond acceptors (Lipinski definition) is 2. The fourth-order valence-corrected chi connectivity index (χ4v) is 1.40. The van der Waals surface area contributed by atoms with Crippen LogP contribution in [0.1, 0.15) is 38.2 Å². The first-order valence-electron chi connectivity index (χ1n) is 5.60. The molecule has 0 amide bonds. The summed E-state index contributed by atoms with van der Waals surface area (Å²) in [5.41, 5.74) is 0.0540. The number of ether oxygens (including phenoxy) is 1. The van der Waals surface area contributed by atoms with Crippen LogP contribution >= 0.6 is 0 Å². The van der Waals surface area contributed by atoms with Crippen LogP contribution in [0, 0.1) is 17.1 Å². The smallest absolute Gasteiger partial charge is 0.144 e. The molecule has 0 fully saturated rings. The Hall–Kier alpha value is -1.56. The van der Waals surface area contributed by atoms with Crippen LogP contribution in [0.25, 0.3) is 0 Å². The van der Waals surface area contributed by atoms with E-state index in [2.05, 4.69) is 6.92 Å². The predicted octanol–water partition coefficient (Wildman–Crippen LogP) is 3.66. The lowest BCUT2D eigenvalue weighted by Gasteiger charge is -2.06. The van der Waals surface area contributed by atoms with Crippen molar-refractivity contribution in [3.63, 3.8) is 0 Å². The Labute approximate surface area is 95.7 Å². The number of benzene rings is 1. The minimum atomic E-state index is -0.520. The molecule has 1 aromatic rings. The number of nitriles is 1. The van der Waals surface area contributed by atoms with Crippen LogP contribution in [-0.4, -0.2) is 6.61 Å². The maximum absolute atomic E-state index is 13.2. The summed E-state index contributed by atoms with van der Waals surface area (Å²) in [7, 11) is 0. The van der Waals surface area contributed by atoms with Gasteiger partial charge in [0.1, 0.15) is 17.6 Å². The highest BCUT2D eigenvalue weighted by atomic mass is 19.1. The average Bonchev–Trinajstić information content (AvgIpc) is 2.29. The molecule has 0 N–H and O–H groups in total. The summed E-state index contributed by atoms with van der Waals surface area (Å²) in [6, 6.07) is 6.11. The van der Waals surface area contributed by atoms with Crippen LogP contribution in [0.3, 0.4) is 0 Å². The van der Waals surface area contributed by atoms with Crippen LogP contribution in [0.2, 0.25) is 0 Å². The maximum Gasteiger partial charge on any atom is 0.144 e. The monoisotopic (exact) mass is 221 g/mol. The van der Waals surface area contributed by atoms with Crippen LogP contribution in [-0.2, 0) is 0 Å². The van der Waals surface area contributed by atoms with Crippen LogP contribution in [0.5, 0.6) is 5.75 Å². The van der Waals surface area contributed by atoms with Crippen LogP contribution in [0.4, 0.5) is 4.39 Å². The molecule has 0 spiro atoms. The lowest BCUT2D eigenvalue weighted by molar-refractivity contribution is 0.303. The topological polar surface area (TPSA) is 33.0 Å². The number of nitrogens with zero attached hydrogens (tertiary/aromatic N) is 1. The van der Waals surface area contributed by atoms with Crippen molar-refractivity contribution in [2.45, 2.75) is 32.6 Å². The molecular weight excluding hydrogens is 205 g/mol. The van der Waals surface area contributed by atoms with E-state index >= 15 is 0 Å². The van der Waals surface area contributed by atoms with E-state index in [4.69, 9.17) is 10.00 Å². The van der Waals surface area contributed by atoms with Gasteiger partial charge < -0.3 is 4.74 Å². The van der Waals surface area contributed by atoms with E-state index < -0.39 is 5.82 Å². The molecule has 86 valence electrons. The highest BCUT2D eigenvalue weighted by molar-refractivity contribution is 5.36. The molecule has 1 rings (SSSR count). The summed E-state index contributed by atoms with van der Waals surface area (Å²) in [6.45, 7) is 2.75. The van der Waals surface area contributed by atoms with E-state index in [-0.39, 0.29) is 5.56 Å². The number of unbranched alkanes of at least 4 members (excludes halogenated alkanes) is 3. The molecule has 0 unspecified atom stereocenters. The Morgan fingerprint density at radius 3 is 2.75 bits per heavy atom. The largest absolute Gasteiger partial charge is 0.493 e. The standard InChI is InChI=1S/C13H16FNO/c1-2-3-4-5-8-16-12-7-6-11(10-15)13(14)9-12/h6-7,9H,2-5,8H2,1H3. The Balaban J connectivity index is 2.38. The van der Waals surface area contributed by atoms with Gasteiger partial charge in [-0.15, -0.1) is 0 Å². The van der Waals surface area contributed by atoms with E-state index in [0.29, 0.717) is 12.4 Å². The Bertz CT molecular complexity index is 371. The molecule has 0 aliphatic rings. The van der Waals surface area contributed by atoms with Crippen molar-refractivity contribution in [3.05, 3.63) is 29.6 Å². The second kappa shape index (κ2) is 6.84. The van der Waals surface area contributed by atoms with Crippen molar-refractivity contribution in [1.29, 1.82) is 5.26 Å². The fraction of sp³-hybridized carbons (Fsp3) is 0.462. The van der Waals surface area contributed by atoms with E-state index in [1.54, 1.807) is 12.1 Å². The van der Waals surface area contributed by atoms with Crippen LogP contribution < -0.4 is 4.74 Å². The highest BCUT2D eigenvalue weighted by Crippen LogP contribution is 2.16. The first kappa shape index (κ1) is 12.5. The normalized spacial score (nSPS) is 9.81. The quantitative estimate of drug-likeness (QED) is 0.687. The molecule has 0 saturated carbocycles. The third-order valence-electron chi connectivity index (χ3n) is 2.33. The molecule has 0 aliphatic carbocycles. The van der Waals surface area contributed by atoms with Gasteiger partial charge in [-0.3, -0.25) is 0 Å². The molecule has 0 heterocycles. The van der Waals surface area contributed by atoms with Gasteiger partial charge in [0.2, 0.25) is 0 Å². The molecule has 0 bridgehead atoms.